The molecule has 0 bridgehead atoms. The molecule has 20 heavy (non-hydrogen) atoms. The van der Waals surface area contributed by atoms with Gasteiger partial charge in [-0.25, -0.2) is 9.59 Å². The van der Waals surface area contributed by atoms with E-state index in [-0.39, 0.29) is 17.6 Å². The molecular formula is C15H18N2O3. The fourth-order valence-electron chi connectivity index (χ4n) is 2.26. The molecule has 0 aliphatic heterocycles. The van der Waals surface area contributed by atoms with Gasteiger partial charge in [0.2, 0.25) is 0 Å². The number of aromatic carboxylic acids is 1. The number of urea groups is 1. The van der Waals surface area contributed by atoms with E-state index in [0.717, 1.165) is 19.3 Å². The van der Waals surface area contributed by atoms with Crippen LogP contribution < -0.4 is 10.6 Å². The van der Waals surface area contributed by atoms with Crippen LogP contribution in [0.5, 0.6) is 0 Å². The van der Waals surface area contributed by atoms with Crippen molar-refractivity contribution in [2.24, 2.45) is 0 Å². The molecular weight excluding hydrogens is 256 g/mol. The number of nitrogens with one attached hydrogen (secondary N) is 2. The number of aryl methyl sites for hydroxylation is 1. The molecule has 3 N–H and O–H groups in total. The third-order valence-electron chi connectivity index (χ3n) is 3.32. The summed E-state index contributed by atoms with van der Waals surface area (Å²) in [5, 5.41) is 14.6. The second-order valence-electron chi connectivity index (χ2n) is 4.91. The van der Waals surface area contributed by atoms with Crippen LogP contribution in [0.15, 0.2) is 30.4 Å². The zero-order chi connectivity index (χ0) is 14.5. The van der Waals surface area contributed by atoms with Gasteiger partial charge in [0.05, 0.1) is 5.56 Å². The predicted molar refractivity (Wildman–Crippen MR) is 77.1 cm³/mol. The van der Waals surface area contributed by atoms with Gasteiger partial charge in [-0.15, -0.1) is 0 Å². The standard InChI is InChI=1S/C15H18N2O3/c1-10-9-12(7-8-13(10)14(18)19)17-15(20)16-11-5-3-2-4-6-11/h2-3,7-9,11H,4-6H2,1H3,(H,18,19)(H2,16,17,20). The Hall–Kier alpha value is -2.30. The van der Waals surface area contributed by atoms with E-state index in [1.165, 1.54) is 6.07 Å². The zero-order valence-corrected chi connectivity index (χ0v) is 11.3. The number of hydrogen-bond donors (Lipinski definition) is 3. The lowest BCUT2D eigenvalue weighted by Gasteiger charge is -2.19. The van der Waals surface area contributed by atoms with Crippen molar-refractivity contribution < 1.29 is 14.7 Å². The molecule has 1 atom stereocenters. The number of carbonyl (C=O) groups excluding carboxylic acids is 1. The Kier molecular flexibility index (Phi) is 4.40. The van der Waals surface area contributed by atoms with Gasteiger partial charge in [-0.3, -0.25) is 0 Å². The van der Waals surface area contributed by atoms with Gasteiger partial charge in [0.25, 0.3) is 0 Å². The van der Waals surface area contributed by atoms with E-state index in [4.69, 9.17) is 5.11 Å². The molecule has 0 spiro atoms. The largest absolute Gasteiger partial charge is 0.478 e. The third-order valence-corrected chi connectivity index (χ3v) is 3.32. The smallest absolute Gasteiger partial charge is 0.335 e. The van der Waals surface area contributed by atoms with Gasteiger partial charge in [0.1, 0.15) is 0 Å². The summed E-state index contributed by atoms with van der Waals surface area (Å²) < 4.78 is 0. The van der Waals surface area contributed by atoms with Gasteiger partial charge in [0.15, 0.2) is 0 Å². The van der Waals surface area contributed by atoms with Crippen LogP contribution >= 0.6 is 0 Å². The lowest BCUT2D eigenvalue weighted by molar-refractivity contribution is 0.0696. The first-order valence-electron chi connectivity index (χ1n) is 6.62. The van der Waals surface area contributed by atoms with Gasteiger partial charge in [-0.1, -0.05) is 12.2 Å². The third kappa shape index (κ3) is 3.60. The highest BCUT2D eigenvalue weighted by Crippen LogP contribution is 2.16. The van der Waals surface area contributed by atoms with Crippen molar-refractivity contribution in [3.8, 4) is 0 Å². The normalized spacial score (nSPS) is 17.6. The molecule has 1 unspecified atom stereocenters. The van der Waals surface area contributed by atoms with E-state index in [1.807, 2.05) is 0 Å². The van der Waals surface area contributed by atoms with Crippen molar-refractivity contribution >= 4 is 17.7 Å². The summed E-state index contributed by atoms with van der Waals surface area (Å²) in [6.45, 7) is 1.71. The van der Waals surface area contributed by atoms with Gasteiger partial charge in [0, 0.05) is 11.7 Å². The van der Waals surface area contributed by atoms with Crippen molar-refractivity contribution in [1.29, 1.82) is 0 Å². The van der Waals surface area contributed by atoms with Crippen LogP contribution in [0.25, 0.3) is 0 Å². The summed E-state index contributed by atoms with van der Waals surface area (Å²) in [6.07, 6.45) is 6.97. The molecule has 0 fully saturated rings. The minimum absolute atomic E-state index is 0.166. The van der Waals surface area contributed by atoms with Crippen molar-refractivity contribution in [3.05, 3.63) is 41.5 Å². The quantitative estimate of drug-likeness (QED) is 0.741. The Morgan fingerprint density at radius 1 is 1.30 bits per heavy atom. The van der Waals surface area contributed by atoms with Crippen molar-refractivity contribution in [2.45, 2.75) is 32.2 Å². The Labute approximate surface area is 117 Å². The number of hydrogen-bond acceptors (Lipinski definition) is 2. The van der Waals surface area contributed by atoms with E-state index in [0.29, 0.717) is 11.3 Å². The molecule has 1 aromatic carbocycles. The molecule has 5 heteroatoms. The molecule has 106 valence electrons. The molecule has 2 rings (SSSR count). The van der Waals surface area contributed by atoms with E-state index < -0.39 is 5.97 Å². The van der Waals surface area contributed by atoms with Crippen LogP contribution in [0.3, 0.4) is 0 Å². The number of carboxylic acids is 1. The van der Waals surface area contributed by atoms with E-state index in [9.17, 15) is 9.59 Å². The maximum Gasteiger partial charge on any atom is 0.335 e. The number of carbonyl (C=O) groups is 2. The monoisotopic (exact) mass is 274 g/mol. The maximum atomic E-state index is 11.8. The van der Waals surface area contributed by atoms with E-state index >= 15 is 0 Å². The van der Waals surface area contributed by atoms with Gasteiger partial charge >= 0.3 is 12.0 Å². The summed E-state index contributed by atoms with van der Waals surface area (Å²) in [6, 6.07) is 4.66. The first-order chi connectivity index (χ1) is 9.56. The zero-order valence-electron chi connectivity index (χ0n) is 11.3. The van der Waals surface area contributed by atoms with Gasteiger partial charge < -0.3 is 15.7 Å². The Balaban J connectivity index is 1.95. The fraction of sp³-hybridized carbons (Fsp3) is 0.333. The van der Waals surface area contributed by atoms with Gasteiger partial charge in [-0.05, 0) is 49.9 Å². The van der Waals surface area contributed by atoms with Crippen LogP contribution in [-0.4, -0.2) is 23.1 Å². The molecule has 0 saturated heterocycles. The number of benzene rings is 1. The lowest BCUT2D eigenvalue weighted by atomic mass is 10.0. The highest BCUT2D eigenvalue weighted by Gasteiger charge is 2.13. The summed E-state index contributed by atoms with van der Waals surface area (Å²) >= 11 is 0. The van der Waals surface area contributed by atoms with Crippen molar-refractivity contribution in [1.82, 2.24) is 5.32 Å². The molecule has 5 nitrogen and oxygen atoms in total. The molecule has 0 heterocycles. The van der Waals surface area contributed by atoms with Crippen molar-refractivity contribution in [2.75, 3.05) is 5.32 Å². The highest BCUT2D eigenvalue weighted by atomic mass is 16.4. The molecule has 0 radical (unpaired) electrons. The number of anilines is 1. The molecule has 0 aromatic heterocycles. The number of amides is 2. The molecule has 2 amide bonds. The average Bonchev–Trinajstić information content (AvgIpc) is 2.39. The van der Waals surface area contributed by atoms with Crippen LogP contribution in [-0.2, 0) is 0 Å². The minimum Gasteiger partial charge on any atom is -0.478 e. The van der Waals surface area contributed by atoms with Gasteiger partial charge in [-0.2, -0.15) is 0 Å². The first-order valence-corrected chi connectivity index (χ1v) is 6.62. The SMILES string of the molecule is Cc1cc(NC(=O)NC2CC=CCC2)ccc1C(=O)O. The van der Waals surface area contributed by atoms with Crippen LogP contribution in [0.2, 0.25) is 0 Å². The van der Waals surface area contributed by atoms with Crippen LogP contribution in [0.1, 0.15) is 35.2 Å². The Morgan fingerprint density at radius 3 is 2.70 bits per heavy atom. The maximum absolute atomic E-state index is 11.8. The molecule has 1 aliphatic rings. The fourth-order valence-corrected chi connectivity index (χ4v) is 2.26. The Morgan fingerprint density at radius 2 is 2.10 bits per heavy atom. The topological polar surface area (TPSA) is 78.4 Å². The summed E-state index contributed by atoms with van der Waals surface area (Å²) in [5.74, 6) is -0.965. The first kappa shape index (κ1) is 14.1. The summed E-state index contributed by atoms with van der Waals surface area (Å²) in [5.41, 5.74) is 1.46. The Bertz CT molecular complexity index is 552. The van der Waals surface area contributed by atoms with Crippen LogP contribution in [0.4, 0.5) is 10.5 Å². The minimum atomic E-state index is -0.965. The summed E-state index contributed by atoms with van der Waals surface area (Å²) in [7, 11) is 0. The van der Waals surface area contributed by atoms with E-state index in [1.54, 1.807) is 19.1 Å². The highest BCUT2D eigenvalue weighted by molar-refractivity contribution is 5.92. The number of allylic oxidation sites excluding steroid dienone is 1. The molecule has 1 aromatic rings. The van der Waals surface area contributed by atoms with E-state index in [2.05, 4.69) is 22.8 Å². The molecule has 0 saturated carbocycles. The van der Waals surface area contributed by atoms with Crippen LogP contribution in [0, 0.1) is 6.92 Å². The summed E-state index contributed by atoms with van der Waals surface area (Å²) in [4.78, 5) is 22.8. The second kappa shape index (κ2) is 6.23. The number of carboxylic acid groups (broad SMARTS) is 1. The lowest BCUT2D eigenvalue weighted by Crippen LogP contribution is -2.38. The molecule has 1 aliphatic carbocycles. The van der Waals surface area contributed by atoms with Crippen molar-refractivity contribution in [3.63, 3.8) is 0 Å². The average molecular weight is 274 g/mol. The predicted octanol–water partition coefficient (Wildman–Crippen LogP) is 2.92. The number of rotatable bonds is 3. The second-order valence-corrected chi connectivity index (χ2v) is 4.91.